The number of aromatic nitrogens is 2. The van der Waals surface area contributed by atoms with E-state index in [2.05, 4.69) is 15.5 Å². The average Bonchev–Trinajstić information content (AvgIpc) is 3.20. The van der Waals surface area contributed by atoms with Crippen molar-refractivity contribution in [1.29, 1.82) is 0 Å². The first-order chi connectivity index (χ1) is 11.1. The zero-order valence-corrected chi connectivity index (χ0v) is 13.7. The second-order valence-corrected chi connectivity index (χ2v) is 6.82. The van der Waals surface area contributed by atoms with Crippen LogP contribution in [0.5, 0.6) is 0 Å². The topological polar surface area (TPSA) is 68.0 Å². The van der Waals surface area contributed by atoms with E-state index in [0.29, 0.717) is 11.1 Å². The summed E-state index contributed by atoms with van der Waals surface area (Å²) in [6.45, 7) is 1.69. The van der Waals surface area contributed by atoms with Gasteiger partial charge in [-0.05, 0) is 30.5 Å². The number of hydrogen-bond acceptors (Lipinski definition) is 6. The number of benzene rings is 1. The molecule has 0 bridgehead atoms. The van der Waals surface area contributed by atoms with Gasteiger partial charge in [-0.15, -0.1) is 21.5 Å². The van der Waals surface area contributed by atoms with E-state index in [4.69, 9.17) is 4.42 Å². The van der Waals surface area contributed by atoms with Crippen LogP contribution in [0.3, 0.4) is 0 Å². The average molecular weight is 349 g/mol. The van der Waals surface area contributed by atoms with E-state index >= 15 is 0 Å². The van der Waals surface area contributed by atoms with E-state index in [0.717, 1.165) is 16.6 Å². The first-order valence-electron chi connectivity index (χ1n) is 6.73. The van der Waals surface area contributed by atoms with Crippen molar-refractivity contribution in [2.75, 3.05) is 5.32 Å². The number of anilines is 1. The lowest BCUT2D eigenvalue weighted by atomic mass is 10.3. The number of para-hydroxylation sites is 1. The van der Waals surface area contributed by atoms with E-state index in [9.17, 15) is 9.18 Å². The summed E-state index contributed by atoms with van der Waals surface area (Å²) >= 11 is 2.62. The Bertz CT molecular complexity index is 805. The van der Waals surface area contributed by atoms with E-state index in [1.165, 1.54) is 23.5 Å². The second-order valence-electron chi connectivity index (χ2n) is 4.58. The highest BCUT2D eigenvalue weighted by molar-refractivity contribution is 8.00. The van der Waals surface area contributed by atoms with E-state index in [-0.39, 0.29) is 11.6 Å². The molecule has 0 aliphatic heterocycles. The Balaban J connectivity index is 1.64. The Morgan fingerprint density at radius 1 is 1.30 bits per heavy atom. The summed E-state index contributed by atoms with van der Waals surface area (Å²) in [6, 6.07) is 9.78. The van der Waals surface area contributed by atoms with Crippen molar-refractivity contribution in [2.45, 2.75) is 17.4 Å². The van der Waals surface area contributed by atoms with Gasteiger partial charge in [0.25, 0.3) is 11.1 Å². The molecular formula is C15H12FN3O2S2. The van der Waals surface area contributed by atoms with Crippen LogP contribution in [0.1, 0.15) is 6.92 Å². The number of amides is 1. The molecule has 2 heterocycles. The van der Waals surface area contributed by atoms with Crippen molar-refractivity contribution in [3.05, 3.63) is 47.6 Å². The van der Waals surface area contributed by atoms with Crippen LogP contribution in [0.15, 0.2) is 51.4 Å². The maximum atomic E-state index is 13.5. The van der Waals surface area contributed by atoms with Gasteiger partial charge in [0.2, 0.25) is 5.91 Å². The fourth-order valence-electron chi connectivity index (χ4n) is 1.76. The molecule has 0 unspecified atom stereocenters. The number of carbonyl (C=O) groups is 1. The standard InChI is InChI=1S/C15H12FN3O2S2/c1-9(13(20)17-11-6-3-2-5-10(11)16)23-15-19-18-14(21-15)12-7-4-8-22-12/h2-9H,1H3,(H,17,20)/t9-/m1/s1. The third-order valence-corrected chi connectivity index (χ3v) is 4.71. The minimum atomic E-state index is -0.508. The number of thioether (sulfide) groups is 1. The highest BCUT2D eigenvalue weighted by Crippen LogP contribution is 2.28. The van der Waals surface area contributed by atoms with E-state index in [1.807, 2.05) is 17.5 Å². The Morgan fingerprint density at radius 3 is 2.87 bits per heavy atom. The molecule has 1 amide bonds. The number of thiophene rings is 1. The molecular weight excluding hydrogens is 337 g/mol. The highest BCUT2D eigenvalue weighted by atomic mass is 32.2. The van der Waals surface area contributed by atoms with Gasteiger partial charge >= 0.3 is 0 Å². The minimum absolute atomic E-state index is 0.148. The molecule has 3 rings (SSSR count). The van der Waals surface area contributed by atoms with Gasteiger partial charge in [-0.3, -0.25) is 4.79 Å². The quantitative estimate of drug-likeness (QED) is 0.704. The van der Waals surface area contributed by atoms with Crippen molar-refractivity contribution in [1.82, 2.24) is 10.2 Å². The largest absolute Gasteiger partial charge is 0.410 e. The molecule has 0 aliphatic carbocycles. The van der Waals surface area contributed by atoms with Gasteiger partial charge in [-0.1, -0.05) is 30.0 Å². The van der Waals surface area contributed by atoms with Crippen LogP contribution >= 0.6 is 23.1 Å². The lowest BCUT2D eigenvalue weighted by Crippen LogP contribution is -2.22. The predicted molar refractivity (Wildman–Crippen MR) is 88.0 cm³/mol. The summed E-state index contributed by atoms with van der Waals surface area (Å²) in [6.07, 6.45) is 0. The number of halogens is 1. The Kier molecular flexibility index (Phi) is 4.73. The lowest BCUT2D eigenvalue weighted by Gasteiger charge is -2.10. The molecule has 0 aliphatic rings. The number of carbonyl (C=O) groups excluding carboxylic acids is 1. The van der Waals surface area contributed by atoms with Crippen LogP contribution in [0.25, 0.3) is 10.8 Å². The predicted octanol–water partition coefficient (Wildman–Crippen LogP) is 4.06. The number of nitrogens with zero attached hydrogens (tertiary/aromatic N) is 2. The van der Waals surface area contributed by atoms with Crippen LogP contribution < -0.4 is 5.32 Å². The van der Waals surface area contributed by atoms with Gasteiger partial charge < -0.3 is 9.73 Å². The number of hydrogen-bond donors (Lipinski definition) is 1. The summed E-state index contributed by atoms with van der Waals surface area (Å²) in [5, 5.41) is 12.1. The summed E-state index contributed by atoms with van der Waals surface area (Å²) in [5.41, 5.74) is 0.148. The zero-order valence-electron chi connectivity index (χ0n) is 12.0. The Morgan fingerprint density at radius 2 is 2.13 bits per heavy atom. The molecule has 3 aromatic rings. The van der Waals surface area contributed by atoms with Crippen LogP contribution in [0.2, 0.25) is 0 Å². The second kappa shape index (κ2) is 6.93. The Hall–Kier alpha value is -2.19. The smallest absolute Gasteiger partial charge is 0.277 e. The molecule has 0 saturated heterocycles. The van der Waals surface area contributed by atoms with Crippen molar-refractivity contribution in [3.63, 3.8) is 0 Å². The summed E-state index contributed by atoms with van der Waals surface area (Å²) in [4.78, 5) is 13.0. The summed E-state index contributed by atoms with van der Waals surface area (Å²) in [5.74, 6) is -0.393. The van der Waals surface area contributed by atoms with Gasteiger partial charge in [0, 0.05) is 0 Å². The van der Waals surface area contributed by atoms with Crippen molar-refractivity contribution in [2.24, 2.45) is 0 Å². The molecule has 8 heteroatoms. The van der Waals surface area contributed by atoms with Crippen LogP contribution in [0.4, 0.5) is 10.1 Å². The summed E-state index contributed by atoms with van der Waals surface area (Å²) < 4.78 is 19.1. The van der Waals surface area contributed by atoms with Gasteiger partial charge in [-0.25, -0.2) is 4.39 Å². The monoisotopic (exact) mass is 349 g/mol. The fourth-order valence-corrected chi connectivity index (χ4v) is 3.09. The molecule has 0 saturated carbocycles. The molecule has 1 N–H and O–H groups in total. The van der Waals surface area contributed by atoms with Crippen molar-refractivity contribution < 1.29 is 13.6 Å². The maximum Gasteiger partial charge on any atom is 0.277 e. The molecule has 23 heavy (non-hydrogen) atoms. The molecule has 0 fully saturated rings. The van der Waals surface area contributed by atoms with Crippen LogP contribution in [-0.2, 0) is 4.79 Å². The molecule has 2 aromatic heterocycles. The fraction of sp³-hybridized carbons (Fsp3) is 0.133. The minimum Gasteiger partial charge on any atom is -0.410 e. The molecule has 0 radical (unpaired) electrons. The zero-order chi connectivity index (χ0) is 16.2. The van der Waals surface area contributed by atoms with E-state index < -0.39 is 11.1 Å². The molecule has 1 atom stereocenters. The van der Waals surface area contributed by atoms with Gasteiger partial charge in [0.15, 0.2) is 0 Å². The Labute approximate surface area is 139 Å². The molecule has 5 nitrogen and oxygen atoms in total. The van der Waals surface area contributed by atoms with E-state index in [1.54, 1.807) is 19.1 Å². The van der Waals surface area contributed by atoms with Gasteiger partial charge in [0.1, 0.15) is 5.82 Å². The maximum absolute atomic E-state index is 13.5. The molecule has 1 aromatic carbocycles. The summed E-state index contributed by atoms with van der Waals surface area (Å²) in [7, 11) is 0. The third-order valence-electron chi connectivity index (χ3n) is 2.92. The van der Waals surface area contributed by atoms with Crippen molar-refractivity contribution >= 4 is 34.7 Å². The SMILES string of the molecule is C[C@@H](Sc1nnc(-c2cccs2)o1)C(=O)Nc1ccccc1F. The van der Waals surface area contributed by atoms with Gasteiger partial charge in [-0.2, -0.15) is 0 Å². The first-order valence-corrected chi connectivity index (χ1v) is 8.49. The normalized spacial score (nSPS) is 12.1. The van der Waals surface area contributed by atoms with Crippen LogP contribution in [0, 0.1) is 5.82 Å². The number of rotatable bonds is 5. The van der Waals surface area contributed by atoms with Crippen LogP contribution in [-0.4, -0.2) is 21.4 Å². The lowest BCUT2D eigenvalue weighted by molar-refractivity contribution is -0.115. The number of nitrogens with one attached hydrogen (secondary N) is 1. The van der Waals surface area contributed by atoms with Crippen molar-refractivity contribution in [3.8, 4) is 10.8 Å². The highest BCUT2D eigenvalue weighted by Gasteiger charge is 2.19. The molecule has 118 valence electrons. The van der Waals surface area contributed by atoms with Gasteiger partial charge in [0.05, 0.1) is 15.8 Å². The first kappa shape index (κ1) is 15.7. The third kappa shape index (κ3) is 3.77. The molecule has 0 spiro atoms.